The summed E-state index contributed by atoms with van der Waals surface area (Å²) in [6, 6.07) is 4.53. The van der Waals surface area contributed by atoms with Crippen molar-refractivity contribution in [1.82, 2.24) is 4.90 Å². The highest BCUT2D eigenvalue weighted by Crippen LogP contribution is 2.22. The van der Waals surface area contributed by atoms with E-state index in [-0.39, 0.29) is 23.8 Å². The van der Waals surface area contributed by atoms with Crippen LogP contribution in [0.1, 0.15) is 30.1 Å². The molecule has 0 saturated carbocycles. The Hall–Kier alpha value is -1.75. The molecule has 0 heterocycles. The molecule has 0 aliphatic carbocycles. The molecule has 1 rings (SSSR count). The van der Waals surface area contributed by atoms with Gasteiger partial charge in [-0.15, -0.1) is 0 Å². The van der Waals surface area contributed by atoms with Crippen molar-refractivity contribution >= 4 is 23.4 Å². The van der Waals surface area contributed by atoms with Crippen molar-refractivity contribution in [3.63, 3.8) is 0 Å². The predicted molar refractivity (Wildman–Crippen MR) is 78.0 cm³/mol. The summed E-state index contributed by atoms with van der Waals surface area (Å²) in [5.74, 6) is -0.530. The third-order valence-corrected chi connectivity index (χ3v) is 3.07. The van der Waals surface area contributed by atoms with Crippen LogP contribution in [0.15, 0.2) is 18.2 Å². The third-order valence-electron chi connectivity index (χ3n) is 2.83. The Morgan fingerprint density at radius 1 is 1.40 bits per heavy atom. The van der Waals surface area contributed by atoms with Crippen LogP contribution in [-0.2, 0) is 4.79 Å². The van der Waals surface area contributed by atoms with Gasteiger partial charge >= 0.3 is 0 Å². The van der Waals surface area contributed by atoms with E-state index in [1.165, 1.54) is 12.1 Å². The molecule has 0 aliphatic heterocycles. The normalized spacial score (nSPS) is 10.2. The van der Waals surface area contributed by atoms with Gasteiger partial charge in [0.15, 0.2) is 6.61 Å². The number of hydrogen-bond acceptors (Lipinski definition) is 3. The Morgan fingerprint density at radius 2 is 2.10 bits per heavy atom. The average Bonchev–Trinajstić information content (AvgIpc) is 2.42. The van der Waals surface area contributed by atoms with E-state index in [2.05, 4.69) is 6.92 Å². The smallest absolute Gasteiger partial charge is 0.260 e. The van der Waals surface area contributed by atoms with Gasteiger partial charge in [0.25, 0.3) is 11.8 Å². The zero-order valence-electron chi connectivity index (χ0n) is 11.7. The van der Waals surface area contributed by atoms with E-state index < -0.39 is 5.91 Å². The van der Waals surface area contributed by atoms with Gasteiger partial charge in [-0.3, -0.25) is 9.59 Å². The number of nitrogens with two attached hydrogens (primary N) is 1. The molecule has 0 unspecified atom stereocenters. The number of hydrogen-bond donors (Lipinski definition) is 1. The molecule has 110 valence electrons. The highest BCUT2D eigenvalue weighted by atomic mass is 35.5. The fourth-order valence-corrected chi connectivity index (χ4v) is 1.76. The minimum atomic E-state index is -0.644. The van der Waals surface area contributed by atoms with Crippen LogP contribution in [0.5, 0.6) is 5.75 Å². The molecule has 2 N–H and O–H groups in total. The fraction of sp³-hybridized carbons (Fsp3) is 0.429. The van der Waals surface area contributed by atoms with Gasteiger partial charge in [-0.25, -0.2) is 0 Å². The maximum absolute atomic E-state index is 11.8. The van der Waals surface area contributed by atoms with Crippen LogP contribution in [0.4, 0.5) is 0 Å². The summed E-state index contributed by atoms with van der Waals surface area (Å²) in [6.45, 7) is 2.60. The maximum atomic E-state index is 11.8. The quantitative estimate of drug-likeness (QED) is 0.837. The van der Waals surface area contributed by atoms with Crippen molar-refractivity contribution in [1.29, 1.82) is 0 Å². The van der Waals surface area contributed by atoms with Crippen LogP contribution in [0, 0.1) is 0 Å². The average molecular weight is 299 g/mol. The number of amides is 2. The van der Waals surface area contributed by atoms with Gasteiger partial charge in [0.1, 0.15) is 5.75 Å². The number of primary amides is 1. The lowest BCUT2D eigenvalue weighted by Crippen LogP contribution is -2.32. The molecular formula is C14H19ClN2O3. The number of unbranched alkanes of at least 4 members (excludes halogenated alkanes) is 1. The lowest BCUT2D eigenvalue weighted by molar-refractivity contribution is -0.132. The SMILES string of the molecule is CCCCN(C)C(=O)COc1ccc(Cl)cc1C(N)=O. The first-order valence-electron chi connectivity index (χ1n) is 6.41. The van der Waals surface area contributed by atoms with Gasteiger partial charge in [0.05, 0.1) is 5.56 Å². The zero-order valence-corrected chi connectivity index (χ0v) is 12.4. The summed E-state index contributed by atoms with van der Waals surface area (Å²) in [5, 5.41) is 0.387. The van der Waals surface area contributed by atoms with Crippen molar-refractivity contribution in [3.8, 4) is 5.75 Å². The van der Waals surface area contributed by atoms with Gasteiger partial charge in [0.2, 0.25) is 0 Å². The first kappa shape index (κ1) is 16.3. The van der Waals surface area contributed by atoms with E-state index in [1.54, 1.807) is 18.0 Å². The van der Waals surface area contributed by atoms with Crippen LogP contribution in [-0.4, -0.2) is 36.9 Å². The lowest BCUT2D eigenvalue weighted by Gasteiger charge is -2.17. The van der Waals surface area contributed by atoms with E-state index in [9.17, 15) is 9.59 Å². The molecule has 6 heteroatoms. The number of nitrogens with zero attached hydrogens (tertiary/aromatic N) is 1. The van der Waals surface area contributed by atoms with E-state index in [1.807, 2.05) is 0 Å². The lowest BCUT2D eigenvalue weighted by atomic mass is 10.2. The minimum absolute atomic E-state index is 0.137. The van der Waals surface area contributed by atoms with Gasteiger partial charge in [-0.2, -0.15) is 0 Å². The molecule has 0 aromatic heterocycles. The Kier molecular flexibility index (Phi) is 6.31. The highest BCUT2D eigenvalue weighted by Gasteiger charge is 2.13. The number of carbonyl (C=O) groups is 2. The summed E-state index contributed by atoms with van der Waals surface area (Å²) < 4.78 is 5.37. The van der Waals surface area contributed by atoms with Crippen LogP contribution in [0.2, 0.25) is 5.02 Å². The van der Waals surface area contributed by atoms with Crippen molar-refractivity contribution in [3.05, 3.63) is 28.8 Å². The summed E-state index contributed by atoms with van der Waals surface area (Å²) in [6.07, 6.45) is 1.96. The van der Waals surface area contributed by atoms with Crippen molar-refractivity contribution in [2.75, 3.05) is 20.2 Å². The number of benzene rings is 1. The van der Waals surface area contributed by atoms with E-state index in [0.717, 1.165) is 12.8 Å². The molecule has 0 radical (unpaired) electrons. The monoisotopic (exact) mass is 298 g/mol. The largest absolute Gasteiger partial charge is 0.483 e. The van der Waals surface area contributed by atoms with Crippen LogP contribution >= 0.6 is 11.6 Å². The van der Waals surface area contributed by atoms with Crippen molar-refractivity contribution in [2.24, 2.45) is 5.73 Å². The molecule has 1 aromatic rings. The molecule has 5 nitrogen and oxygen atoms in total. The second kappa shape index (κ2) is 7.75. The van der Waals surface area contributed by atoms with Gasteiger partial charge in [0, 0.05) is 18.6 Å². The molecular weight excluding hydrogens is 280 g/mol. The van der Waals surface area contributed by atoms with E-state index in [0.29, 0.717) is 11.6 Å². The standard InChI is InChI=1S/C14H19ClN2O3/c1-3-4-7-17(2)13(18)9-20-12-6-5-10(15)8-11(12)14(16)19/h5-6,8H,3-4,7,9H2,1-2H3,(H2,16,19). The molecule has 1 aromatic carbocycles. The summed E-state index contributed by atoms with van der Waals surface area (Å²) >= 11 is 5.79. The molecule has 0 aliphatic rings. The summed E-state index contributed by atoms with van der Waals surface area (Å²) in [4.78, 5) is 24.7. The van der Waals surface area contributed by atoms with Crippen molar-refractivity contribution < 1.29 is 14.3 Å². The molecule has 0 bridgehead atoms. The third kappa shape index (κ3) is 4.74. The Morgan fingerprint density at radius 3 is 2.70 bits per heavy atom. The van der Waals surface area contributed by atoms with Crippen LogP contribution in [0.25, 0.3) is 0 Å². The number of carbonyl (C=O) groups excluding carboxylic acids is 2. The maximum Gasteiger partial charge on any atom is 0.260 e. The topological polar surface area (TPSA) is 72.6 Å². The highest BCUT2D eigenvalue weighted by molar-refractivity contribution is 6.31. The van der Waals surface area contributed by atoms with E-state index in [4.69, 9.17) is 22.1 Å². The number of halogens is 1. The van der Waals surface area contributed by atoms with E-state index >= 15 is 0 Å². The summed E-state index contributed by atoms with van der Waals surface area (Å²) in [5.41, 5.74) is 5.41. The Bertz CT molecular complexity index is 491. The number of likely N-dealkylation sites (N-methyl/N-ethyl adjacent to an activating group) is 1. The van der Waals surface area contributed by atoms with Gasteiger partial charge in [-0.05, 0) is 24.6 Å². The Balaban J connectivity index is 2.66. The molecule has 0 spiro atoms. The number of ether oxygens (including phenoxy) is 1. The van der Waals surface area contributed by atoms with Gasteiger partial charge in [-0.1, -0.05) is 24.9 Å². The van der Waals surface area contributed by atoms with Crippen molar-refractivity contribution in [2.45, 2.75) is 19.8 Å². The first-order chi connectivity index (χ1) is 9.45. The predicted octanol–water partition coefficient (Wildman–Crippen LogP) is 2.08. The van der Waals surface area contributed by atoms with Gasteiger partial charge < -0.3 is 15.4 Å². The minimum Gasteiger partial charge on any atom is -0.483 e. The second-order valence-electron chi connectivity index (χ2n) is 4.46. The zero-order chi connectivity index (χ0) is 15.1. The molecule has 0 saturated heterocycles. The second-order valence-corrected chi connectivity index (χ2v) is 4.90. The molecule has 0 atom stereocenters. The molecule has 0 fully saturated rings. The first-order valence-corrected chi connectivity index (χ1v) is 6.79. The van der Waals surface area contributed by atoms with Crippen LogP contribution < -0.4 is 10.5 Å². The summed E-state index contributed by atoms with van der Waals surface area (Å²) in [7, 11) is 1.72. The molecule has 20 heavy (non-hydrogen) atoms. The fourth-order valence-electron chi connectivity index (χ4n) is 1.59. The number of rotatable bonds is 7. The molecule has 2 amide bonds. The van der Waals surface area contributed by atoms with Crippen LogP contribution in [0.3, 0.4) is 0 Å². The Labute approximate surface area is 123 Å².